The average molecular weight is 322 g/mol. The summed E-state index contributed by atoms with van der Waals surface area (Å²) >= 11 is 0. The number of rotatable bonds is 9. The molecule has 0 unspecified atom stereocenters. The Hall–Kier alpha value is 0.531. The molecule has 0 spiro atoms. The summed E-state index contributed by atoms with van der Waals surface area (Å²) < 4.78 is 14.3. The maximum Gasteiger partial charge on any atom is 0.337 e. The third-order valence-corrected chi connectivity index (χ3v) is 15.2. The molecule has 0 heterocycles. The highest BCUT2D eigenvalue weighted by atomic mass is 28.4. The molecule has 0 N–H and O–H groups in total. The van der Waals surface area contributed by atoms with Gasteiger partial charge in [-0.2, -0.15) is 0 Å². The molecule has 0 aliphatic carbocycles. The third-order valence-electron chi connectivity index (χ3n) is 3.84. The van der Waals surface area contributed by atoms with E-state index in [4.69, 9.17) is 8.85 Å². The lowest BCUT2D eigenvalue weighted by atomic mass is 10.5. The van der Waals surface area contributed by atoms with Gasteiger partial charge in [0.2, 0.25) is 0 Å². The van der Waals surface area contributed by atoms with Crippen molar-refractivity contribution < 1.29 is 8.85 Å². The summed E-state index contributed by atoms with van der Waals surface area (Å²) in [5.74, 6) is 0. The van der Waals surface area contributed by atoms with Gasteiger partial charge in [0.1, 0.15) is 16.5 Å². The summed E-state index contributed by atoms with van der Waals surface area (Å²) in [6.45, 7) is 18.2. The van der Waals surface area contributed by atoms with Crippen LogP contribution in [0.1, 0.15) is 13.3 Å². The van der Waals surface area contributed by atoms with Crippen molar-refractivity contribution in [3.8, 4) is 0 Å². The summed E-state index contributed by atoms with van der Waals surface area (Å²) in [6, 6.07) is 2.15. The van der Waals surface area contributed by atoms with Crippen LogP contribution in [0.2, 0.25) is 51.4 Å². The maximum absolute atomic E-state index is 5.71. The second kappa shape index (κ2) is 7.51. The van der Waals surface area contributed by atoms with E-state index in [9.17, 15) is 0 Å². The van der Waals surface area contributed by atoms with E-state index in [-0.39, 0.29) is 0 Å². The van der Waals surface area contributed by atoms with Crippen LogP contribution in [0.15, 0.2) is 0 Å². The molecule has 0 aliphatic rings. The SMILES string of the molecule is CC[Si](CCCN([Si](C)(C)C)[Si](C)(C)C)(OC)OC. The van der Waals surface area contributed by atoms with Gasteiger partial charge in [0.05, 0.1) is 0 Å². The zero-order valence-corrected chi connectivity index (χ0v) is 17.6. The lowest BCUT2D eigenvalue weighted by Gasteiger charge is -2.44. The Morgan fingerprint density at radius 1 is 0.842 bits per heavy atom. The molecular formula is C13H35NO2Si3. The molecule has 0 aromatic heterocycles. The molecule has 0 saturated carbocycles. The lowest BCUT2D eigenvalue weighted by molar-refractivity contribution is 0.241. The molecule has 0 rings (SSSR count). The van der Waals surface area contributed by atoms with Crippen molar-refractivity contribution in [1.82, 2.24) is 4.23 Å². The van der Waals surface area contributed by atoms with Crippen molar-refractivity contribution in [1.29, 1.82) is 0 Å². The molecule has 0 aromatic rings. The highest BCUT2D eigenvalue weighted by Crippen LogP contribution is 2.24. The third kappa shape index (κ3) is 6.22. The average Bonchev–Trinajstić information content (AvgIpc) is 2.27. The van der Waals surface area contributed by atoms with E-state index < -0.39 is 25.0 Å². The van der Waals surface area contributed by atoms with Gasteiger partial charge in [0.25, 0.3) is 0 Å². The second-order valence-corrected chi connectivity index (χ2v) is 21.3. The van der Waals surface area contributed by atoms with E-state index >= 15 is 0 Å². The molecule has 0 aliphatic heterocycles. The minimum Gasteiger partial charge on any atom is -0.398 e. The fourth-order valence-electron chi connectivity index (χ4n) is 2.94. The van der Waals surface area contributed by atoms with E-state index in [1.165, 1.54) is 13.0 Å². The molecular weight excluding hydrogens is 286 g/mol. The maximum atomic E-state index is 5.71. The first kappa shape index (κ1) is 19.5. The first-order chi connectivity index (χ1) is 8.52. The van der Waals surface area contributed by atoms with Crippen molar-refractivity contribution in [3.63, 3.8) is 0 Å². The molecule has 0 fully saturated rings. The van der Waals surface area contributed by atoms with Gasteiger partial charge >= 0.3 is 8.56 Å². The van der Waals surface area contributed by atoms with Crippen LogP contribution in [0.5, 0.6) is 0 Å². The van der Waals surface area contributed by atoms with E-state index in [1.54, 1.807) is 0 Å². The molecule has 0 radical (unpaired) electrons. The Bertz CT molecular complexity index is 235. The van der Waals surface area contributed by atoms with Crippen molar-refractivity contribution in [2.24, 2.45) is 0 Å². The van der Waals surface area contributed by atoms with Crippen LogP contribution >= 0.6 is 0 Å². The number of nitrogens with zero attached hydrogens (tertiary/aromatic N) is 1. The highest BCUT2D eigenvalue weighted by Gasteiger charge is 2.36. The van der Waals surface area contributed by atoms with Crippen LogP contribution in [0.4, 0.5) is 0 Å². The standard InChI is InChI=1S/C13H35NO2Si3/c1-10-19(15-2,16-3)13-11-12-14(17(4,5)6)18(7,8)9/h10-13H2,1-9H3. The fraction of sp³-hybridized carbons (Fsp3) is 1.00. The van der Waals surface area contributed by atoms with Crippen molar-refractivity contribution in [2.75, 3.05) is 20.8 Å². The fourth-order valence-corrected chi connectivity index (χ4v) is 14.8. The zero-order valence-electron chi connectivity index (χ0n) is 14.6. The van der Waals surface area contributed by atoms with Gasteiger partial charge in [-0.1, -0.05) is 46.2 Å². The molecule has 116 valence electrons. The van der Waals surface area contributed by atoms with Gasteiger partial charge in [0.15, 0.2) is 0 Å². The van der Waals surface area contributed by atoms with Crippen molar-refractivity contribution >= 4 is 25.0 Å². The van der Waals surface area contributed by atoms with Gasteiger partial charge in [-0.25, -0.2) is 0 Å². The zero-order chi connectivity index (χ0) is 15.3. The van der Waals surface area contributed by atoms with Gasteiger partial charge in [0, 0.05) is 14.2 Å². The highest BCUT2D eigenvalue weighted by molar-refractivity contribution is 6.89. The molecule has 0 saturated heterocycles. The Labute approximate surface area is 124 Å². The van der Waals surface area contributed by atoms with Gasteiger partial charge in [-0.05, 0) is 25.1 Å². The molecule has 0 amide bonds. The second-order valence-electron chi connectivity index (χ2n) is 7.27. The van der Waals surface area contributed by atoms with Crippen LogP contribution in [-0.4, -0.2) is 50.0 Å². The largest absolute Gasteiger partial charge is 0.398 e. The predicted molar refractivity (Wildman–Crippen MR) is 93.1 cm³/mol. The predicted octanol–water partition coefficient (Wildman–Crippen LogP) is 4.10. The minimum atomic E-state index is -1.90. The van der Waals surface area contributed by atoms with Crippen molar-refractivity contribution in [3.05, 3.63) is 0 Å². The van der Waals surface area contributed by atoms with Crippen LogP contribution in [-0.2, 0) is 8.85 Å². The Balaban J connectivity index is 4.59. The normalized spacial score (nSPS) is 14.2. The summed E-state index contributed by atoms with van der Waals surface area (Å²) in [4.78, 5) is 0. The molecule has 19 heavy (non-hydrogen) atoms. The molecule has 0 aromatic carbocycles. The van der Waals surface area contributed by atoms with Crippen LogP contribution in [0.25, 0.3) is 0 Å². The van der Waals surface area contributed by atoms with Crippen LogP contribution in [0, 0.1) is 0 Å². The first-order valence-corrected chi connectivity index (χ1v) is 16.5. The molecule has 0 atom stereocenters. The van der Waals surface area contributed by atoms with E-state index in [2.05, 4.69) is 50.4 Å². The number of hydrogen-bond acceptors (Lipinski definition) is 3. The van der Waals surface area contributed by atoms with Gasteiger partial charge < -0.3 is 13.1 Å². The van der Waals surface area contributed by atoms with Crippen LogP contribution in [0.3, 0.4) is 0 Å². The molecule has 0 bridgehead atoms. The summed E-state index contributed by atoms with van der Waals surface area (Å²) in [5.41, 5.74) is 0. The van der Waals surface area contributed by atoms with E-state index in [0.29, 0.717) is 0 Å². The monoisotopic (exact) mass is 321 g/mol. The Morgan fingerprint density at radius 2 is 1.26 bits per heavy atom. The van der Waals surface area contributed by atoms with Crippen molar-refractivity contribution in [2.45, 2.75) is 64.7 Å². The first-order valence-electron chi connectivity index (χ1n) is 7.40. The topological polar surface area (TPSA) is 21.7 Å². The quantitative estimate of drug-likeness (QED) is 0.597. The number of hydrogen-bond donors (Lipinski definition) is 0. The Morgan fingerprint density at radius 3 is 1.53 bits per heavy atom. The summed E-state index contributed by atoms with van der Waals surface area (Å²) in [6.07, 6.45) is 1.20. The summed E-state index contributed by atoms with van der Waals surface area (Å²) in [7, 11) is -0.711. The van der Waals surface area contributed by atoms with Crippen LogP contribution < -0.4 is 0 Å². The Kier molecular flexibility index (Phi) is 7.72. The lowest BCUT2D eigenvalue weighted by Crippen LogP contribution is -2.59. The van der Waals surface area contributed by atoms with Gasteiger partial charge in [-0.3, -0.25) is 0 Å². The van der Waals surface area contributed by atoms with Gasteiger partial charge in [-0.15, -0.1) is 0 Å². The smallest absolute Gasteiger partial charge is 0.337 e. The molecule has 3 nitrogen and oxygen atoms in total. The summed E-state index contributed by atoms with van der Waals surface area (Å²) in [5, 5.41) is 0. The molecule has 6 heteroatoms. The van der Waals surface area contributed by atoms with E-state index in [1.807, 2.05) is 14.2 Å². The van der Waals surface area contributed by atoms with E-state index in [0.717, 1.165) is 12.1 Å². The minimum absolute atomic E-state index is 1.04.